The number of fused-ring (bicyclic) bond motifs is 7. The van der Waals surface area contributed by atoms with Crippen LogP contribution in [0, 0.1) is 5.82 Å². The van der Waals surface area contributed by atoms with Gasteiger partial charge < -0.3 is 4.57 Å². The van der Waals surface area contributed by atoms with E-state index in [1.54, 1.807) is 12.1 Å². The van der Waals surface area contributed by atoms with Gasteiger partial charge in [0, 0.05) is 38.4 Å². The number of aromatic nitrogens is 5. The predicted octanol–water partition coefficient (Wildman–Crippen LogP) is 11.9. The van der Waals surface area contributed by atoms with Gasteiger partial charge in [-0.1, -0.05) is 139 Å². The molecule has 0 unspecified atom stereocenters. The van der Waals surface area contributed by atoms with Crippen LogP contribution in [0.3, 0.4) is 0 Å². The van der Waals surface area contributed by atoms with Gasteiger partial charge in [-0.3, -0.25) is 4.57 Å². The molecule has 0 N–H and O–H groups in total. The van der Waals surface area contributed by atoms with Gasteiger partial charge in [-0.15, -0.1) is 0 Å². The summed E-state index contributed by atoms with van der Waals surface area (Å²) >= 11 is 6.57. The van der Waals surface area contributed by atoms with E-state index in [1.165, 1.54) is 6.07 Å². The molecule has 0 aliphatic rings. The zero-order valence-electron chi connectivity index (χ0n) is 27.6. The Bertz CT molecular complexity index is 2970. The van der Waals surface area contributed by atoms with Crippen LogP contribution < -0.4 is 0 Å². The normalized spacial score (nSPS) is 11.7. The van der Waals surface area contributed by atoms with Crippen molar-refractivity contribution in [2.24, 2.45) is 0 Å². The molecule has 0 fully saturated rings. The fourth-order valence-corrected chi connectivity index (χ4v) is 7.60. The molecule has 10 aromatic rings. The van der Waals surface area contributed by atoms with Crippen LogP contribution in [0.2, 0.25) is 5.02 Å². The summed E-state index contributed by atoms with van der Waals surface area (Å²) in [4.78, 5) is 15.0. The van der Waals surface area contributed by atoms with Crippen LogP contribution in [-0.4, -0.2) is 24.1 Å². The highest BCUT2D eigenvalue weighted by atomic mass is 35.5. The summed E-state index contributed by atoms with van der Waals surface area (Å²) in [6.07, 6.45) is 0. The second-order valence-corrected chi connectivity index (χ2v) is 13.1. The summed E-state index contributed by atoms with van der Waals surface area (Å²) in [5, 5.41) is 4.31. The van der Waals surface area contributed by atoms with Crippen LogP contribution in [0.4, 0.5) is 4.39 Å². The van der Waals surface area contributed by atoms with E-state index in [1.807, 2.05) is 42.5 Å². The number of rotatable bonds is 5. The molecule has 246 valence electrons. The van der Waals surface area contributed by atoms with Gasteiger partial charge in [0.05, 0.1) is 27.1 Å². The van der Waals surface area contributed by atoms with Crippen LogP contribution in [-0.2, 0) is 0 Å². The van der Waals surface area contributed by atoms with E-state index in [9.17, 15) is 4.39 Å². The molecule has 0 saturated heterocycles. The van der Waals surface area contributed by atoms with Gasteiger partial charge in [0.25, 0.3) is 0 Å². The third-order valence-electron chi connectivity index (χ3n) is 9.75. The lowest BCUT2D eigenvalue weighted by Crippen LogP contribution is -2.07. The first-order valence-corrected chi connectivity index (χ1v) is 17.4. The summed E-state index contributed by atoms with van der Waals surface area (Å²) < 4.78 is 19.3. The van der Waals surface area contributed by atoms with Gasteiger partial charge in [-0.25, -0.2) is 9.37 Å². The molecule has 0 aliphatic carbocycles. The molecule has 7 aromatic carbocycles. The SMILES string of the molecule is Fc1cccc(-c2nc(-c3ccccc3)nc(-n3c4ccccc4c4ccc5c6ccccc6n(-c6ccc(-c7ccccc7)cc6)c5c43)n2)c1Cl. The Morgan fingerprint density at radius 2 is 0.962 bits per heavy atom. The zero-order chi connectivity index (χ0) is 34.8. The quantitative estimate of drug-likeness (QED) is 0.180. The topological polar surface area (TPSA) is 48.5 Å². The van der Waals surface area contributed by atoms with E-state index >= 15 is 0 Å². The minimum atomic E-state index is -0.538. The van der Waals surface area contributed by atoms with Crippen molar-refractivity contribution < 1.29 is 4.39 Å². The van der Waals surface area contributed by atoms with Gasteiger partial charge in [-0.2, -0.15) is 9.97 Å². The molecule has 0 amide bonds. The lowest BCUT2D eigenvalue weighted by atomic mass is 10.1. The Hall–Kier alpha value is -6.63. The van der Waals surface area contributed by atoms with E-state index in [4.69, 9.17) is 26.6 Å². The molecule has 0 aliphatic heterocycles. The second kappa shape index (κ2) is 12.0. The molecule has 52 heavy (non-hydrogen) atoms. The third kappa shape index (κ3) is 4.72. The lowest BCUT2D eigenvalue weighted by molar-refractivity contribution is 0.628. The highest BCUT2D eigenvalue weighted by molar-refractivity contribution is 6.33. The minimum absolute atomic E-state index is 0.0395. The van der Waals surface area contributed by atoms with E-state index in [-0.39, 0.29) is 10.8 Å². The molecule has 5 nitrogen and oxygen atoms in total. The molecular weight excluding hydrogens is 665 g/mol. The molecule has 0 spiro atoms. The molecule has 3 heterocycles. The standard InChI is InChI=1S/C45H27ClFN5/c46-40-36(18-11-19-37(40)47)44-48-43(30-14-5-2-6-15-30)49-45(50-44)52-39-21-10-8-17-33(39)35-27-26-34-32-16-7-9-20-38(32)51(41(34)42(35)52)31-24-22-29(23-25-31)28-12-3-1-4-13-28/h1-27H. The Morgan fingerprint density at radius 1 is 0.423 bits per heavy atom. The van der Waals surface area contributed by atoms with E-state index in [2.05, 4.69) is 112 Å². The summed E-state index contributed by atoms with van der Waals surface area (Å²) in [6, 6.07) is 54.7. The maximum atomic E-state index is 14.9. The molecule has 0 atom stereocenters. The lowest BCUT2D eigenvalue weighted by Gasteiger charge is -2.14. The van der Waals surface area contributed by atoms with Crippen molar-refractivity contribution in [1.29, 1.82) is 0 Å². The first kappa shape index (κ1) is 30.2. The number of benzene rings is 7. The van der Waals surface area contributed by atoms with Gasteiger partial charge >= 0.3 is 0 Å². The molecule has 3 aromatic heterocycles. The number of para-hydroxylation sites is 2. The fraction of sp³-hybridized carbons (Fsp3) is 0. The monoisotopic (exact) mass is 691 g/mol. The Morgan fingerprint density at radius 3 is 1.63 bits per heavy atom. The van der Waals surface area contributed by atoms with Gasteiger partial charge in [0.15, 0.2) is 11.6 Å². The van der Waals surface area contributed by atoms with Gasteiger partial charge in [0.2, 0.25) is 5.95 Å². The summed E-state index contributed by atoms with van der Waals surface area (Å²) in [5.74, 6) is 0.599. The summed E-state index contributed by atoms with van der Waals surface area (Å²) in [5.41, 5.74) is 8.52. The van der Waals surface area contributed by atoms with Crippen molar-refractivity contribution in [3.8, 4) is 45.5 Å². The highest BCUT2D eigenvalue weighted by Gasteiger charge is 2.24. The largest absolute Gasteiger partial charge is 0.307 e. The number of hydrogen-bond donors (Lipinski definition) is 0. The van der Waals surface area contributed by atoms with Crippen LogP contribution in [0.25, 0.3) is 89.2 Å². The first-order chi connectivity index (χ1) is 25.6. The minimum Gasteiger partial charge on any atom is -0.307 e. The summed E-state index contributed by atoms with van der Waals surface area (Å²) in [6.45, 7) is 0. The van der Waals surface area contributed by atoms with Crippen molar-refractivity contribution in [3.63, 3.8) is 0 Å². The van der Waals surface area contributed by atoms with E-state index in [0.29, 0.717) is 17.3 Å². The Balaban J connectivity index is 1.33. The predicted molar refractivity (Wildman–Crippen MR) is 210 cm³/mol. The van der Waals surface area contributed by atoms with E-state index in [0.717, 1.165) is 66.0 Å². The van der Waals surface area contributed by atoms with Crippen molar-refractivity contribution in [2.45, 2.75) is 0 Å². The van der Waals surface area contributed by atoms with E-state index < -0.39 is 5.82 Å². The first-order valence-electron chi connectivity index (χ1n) is 17.0. The average Bonchev–Trinajstić information content (AvgIpc) is 3.73. The second-order valence-electron chi connectivity index (χ2n) is 12.7. The zero-order valence-corrected chi connectivity index (χ0v) is 28.3. The van der Waals surface area contributed by atoms with Crippen molar-refractivity contribution in [2.75, 3.05) is 0 Å². The highest BCUT2D eigenvalue weighted by Crippen LogP contribution is 2.42. The van der Waals surface area contributed by atoms with Crippen molar-refractivity contribution >= 4 is 55.2 Å². The third-order valence-corrected chi connectivity index (χ3v) is 10.1. The molecule has 10 rings (SSSR count). The molecule has 7 heteroatoms. The van der Waals surface area contributed by atoms with Gasteiger partial charge in [-0.05, 0) is 47.5 Å². The Labute approximate surface area is 302 Å². The molecule has 0 saturated carbocycles. The van der Waals surface area contributed by atoms with Crippen molar-refractivity contribution in [1.82, 2.24) is 24.1 Å². The van der Waals surface area contributed by atoms with Crippen molar-refractivity contribution in [3.05, 3.63) is 175 Å². The molecule has 0 bridgehead atoms. The number of nitrogens with zero attached hydrogens (tertiary/aromatic N) is 5. The maximum Gasteiger partial charge on any atom is 0.238 e. The van der Waals surface area contributed by atoms with Gasteiger partial charge in [0.1, 0.15) is 5.82 Å². The smallest absolute Gasteiger partial charge is 0.238 e. The average molecular weight is 692 g/mol. The number of hydrogen-bond acceptors (Lipinski definition) is 3. The molecule has 0 radical (unpaired) electrons. The number of halogens is 2. The van der Waals surface area contributed by atoms with Crippen LogP contribution in [0.15, 0.2) is 164 Å². The van der Waals surface area contributed by atoms with Crippen LogP contribution >= 0.6 is 11.6 Å². The summed E-state index contributed by atoms with van der Waals surface area (Å²) in [7, 11) is 0. The maximum absolute atomic E-state index is 14.9. The Kier molecular flexibility index (Phi) is 6.98. The van der Waals surface area contributed by atoms with Crippen LogP contribution in [0.5, 0.6) is 0 Å². The fourth-order valence-electron chi connectivity index (χ4n) is 7.39. The molecular formula is C45H27ClFN5. The van der Waals surface area contributed by atoms with Crippen LogP contribution in [0.1, 0.15) is 0 Å².